The maximum absolute atomic E-state index is 12.6. The molecule has 1 aliphatic carbocycles. The Balaban J connectivity index is 1.73. The number of carbonyl (C=O) groups excluding carboxylic acids is 1. The van der Waals surface area contributed by atoms with Crippen LogP contribution in [0.15, 0.2) is 24.3 Å². The lowest BCUT2D eigenvalue weighted by molar-refractivity contribution is -0.0767. The van der Waals surface area contributed by atoms with Gasteiger partial charge in [0.2, 0.25) is 0 Å². The van der Waals surface area contributed by atoms with Gasteiger partial charge >= 0.3 is 6.09 Å². The Kier molecular flexibility index (Phi) is 4.79. The summed E-state index contributed by atoms with van der Waals surface area (Å²) >= 11 is 0. The summed E-state index contributed by atoms with van der Waals surface area (Å²) in [6.07, 6.45) is 7.41. The van der Waals surface area contributed by atoms with Gasteiger partial charge in [-0.1, -0.05) is 25.5 Å². The van der Waals surface area contributed by atoms with Crippen molar-refractivity contribution in [2.24, 2.45) is 0 Å². The third-order valence-electron chi connectivity index (χ3n) is 5.37. The smallest absolute Gasteiger partial charge is 0.410 e. The van der Waals surface area contributed by atoms with Crippen molar-refractivity contribution in [1.82, 2.24) is 4.90 Å². The minimum atomic E-state index is -0.177. The van der Waals surface area contributed by atoms with E-state index in [2.05, 4.69) is 6.92 Å². The summed E-state index contributed by atoms with van der Waals surface area (Å²) in [6.45, 7) is 2.91. The number of nitrogens with zero attached hydrogens (tertiary/aromatic N) is 1. The van der Waals surface area contributed by atoms with Crippen LogP contribution < -0.4 is 4.74 Å². The van der Waals surface area contributed by atoms with E-state index in [1.54, 1.807) is 7.11 Å². The zero-order valence-electron chi connectivity index (χ0n) is 14.2. The van der Waals surface area contributed by atoms with Gasteiger partial charge < -0.3 is 14.4 Å². The molecule has 3 rings (SSSR count). The summed E-state index contributed by atoms with van der Waals surface area (Å²) in [5, 5.41) is 0. The van der Waals surface area contributed by atoms with Gasteiger partial charge in [-0.3, -0.25) is 0 Å². The highest BCUT2D eigenvalue weighted by Crippen LogP contribution is 2.40. The molecule has 1 atom stereocenters. The largest absolute Gasteiger partial charge is 0.497 e. The number of benzene rings is 1. The lowest BCUT2D eigenvalue weighted by Crippen LogP contribution is -2.51. The Morgan fingerprint density at radius 3 is 2.43 bits per heavy atom. The molecule has 0 N–H and O–H groups in total. The van der Waals surface area contributed by atoms with Gasteiger partial charge in [-0.15, -0.1) is 0 Å². The molecule has 1 heterocycles. The van der Waals surface area contributed by atoms with E-state index in [9.17, 15) is 4.79 Å². The van der Waals surface area contributed by atoms with Crippen LogP contribution in [0.3, 0.4) is 0 Å². The summed E-state index contributed by atoms with van der Waals surface area (Å²) < 4.78 is 11.2. The van der Waals surface area contributed by atoms with E-state index in [0.29, 0.717) is 0 Å². The van der Waals surface area contributed by atoms with Crippen LogP contribution in [0.2, 0.25) is 0 Å². The topological polar surface area (TPSA) is 38.8 Å². The van der Waals surface area contributed by atoms with E-state index >= 15 is 0 Å². The highest BCUT2D eigenvalue weighted by molar-refractivity contribution is 5.70. The third kappa shape index (κ3) is 3.31. The molecule has 1 aromatic rings. The average Bonchev–Trinajstić information content (AvgIpc) is 2.59. The molecular weight excluding hydrogens is 290 g/mol. The van der Waals surface area contributed by atoms with E-state index in [-0.39, 0.29) is 17.7 Å². The van der Waals surface area contributed by atoms with Crippen molar-refractivity contribution in [3.63, 3.8) is 0 Å². The molecule has 126 valence electrons. The van der Waals surface area contributed by atoms with Crippen LogP contribution in [0.1, 0.15) is 63.5 Å². The first-order valence-corrected chi connectivity index (χ1v) is 8.81. The third-order valence-corrected chi connectivity index (χ3v) is 5.37. The maximum atomic E-state index is 12.6. The molecule has 1 amide bonds. The minimum Gasteiger partial charge on any atom is -0.497 e. The molecule has 1 saturated heterocycles. The molecular formula is C19H27NO3. The molecule has 0 radical (unpaired) electrons. The first kappa shape index (κ1) is 16.2. The second-order valence-electron chi connectivity index (χ2n) is 6.75. The van der Waals surface area contributed by atoms with Crippen molar-refractivity contribution >= 4 is 6.09 Å². The Labute approximate surface area is 138 Å². The number of hydrogen-bond donors (Lipinski definition) is 0. The SMILES string of the molecule is CCC(c1ccc(OC)cc1)N1CCC2(CCCCC2)OC1=O. The van der Waals surface area contributed by atoms with Crippen molar-refractivity contribution in [2.45, 2.75) is 63.5 Å². The van der Waals surface area contributed by atoms with E-state index in [1.807, 2.05) is 29.2 Å². The van der Waals surface area contributed by atoms with Crippen LogP contribution in [-0.2, 0) is 4.74 Å². The van der Waals surface area contributed by atoms with Crippen molar-refractivity contribution in [3.05, 3.63) is 29.8 Å². The van der Waals surface area contributed by atoms with Gasteiger partial charge in [0.1, 0.15) is 11.4 Å². The fourth-order valence-corrected chi connectivity index (χ4v) is 4.00. The number of amides is 1. The first-order chi connectivity index (χ1) is 11.2. The van der Waals surface area contributed by atoms with Gasteiger partial charge in [-0.05, 0) is 49.8 Å². The number of carbonyl (C=O) groups is 1. The summed E-state index contributed by atoms with van der Waals surface area (Å²) in [5.41, 5.74) is 0.967. The summed E-state index contributed by atoms with van der Waals surface area (Å²) in [5.74, 6) is 0.839. The molecule has 23 heavy (non-hydrogen) atoms. The van der Waals surface area contributed by atoms with E-state index < -0.39 is 0 Å². The molecule has 4 heteroatoms. The number of ether oxygens (including phenoxy) is 2. The van der Waals surface area contributed by atoms with Crippen molar-refractivity contribution in [3.8, 4) is 5.75 Å². The van der Waals surface area contributed by atoms with Gasteiger partial charge in [-0.2, -0.15) is 0 Å². The molecule has 2 aliphatic rings. The van der Waals surface area contributed by atoms with Crippen molar-refractivity contribution in [1.29, 1.82) is 0 Å². The first-order valence-electron chi connectivity index (χ1n) is 8.81. The Hall–Kier alpha value is -1.71. The van der Waals surface area contributed by atoms with Crippen LogP contribution in [-0.4, -0.2) is 30.2 Å². The molecule has 2 fully saturated rings. The van der Waals surface area contributed by atoms with Gasteiger partial charge in [0, 0.05) is 13.0 Å². The zero-order chi connectivity index (χ0) is 16.3. The molecule has 1 unspecified atom stereocenters. The highest BCUT2D eigenvalue weighted by atomic mass is 16.6. The lowest BCUT2D eigenvalue weighted by Gasteiger charge is -2.45. The molecule has 1 aliphatic heterocycles. The number of rotatable bonds is 4. The van der Waals surface area contributed by atoms with E-state index in [1.165, 1.54) is 19.3 Å². The fraction of sp³-hybridized carbons (Fsp3) is 0.632. The standard InChI is InChI=1S/C19H27NO3/c1-3-17(15-7-9-16(22-2)10-8-15)20-14-13-19(23-18(20)21)11-5-4-6-12-19/h7-10,17H,3-6,11-14H2,1-2H3. The zero-order valence-corrected chi connectivity index (χ0v) is 14.2. The maximum Gasteiger partial charge on any atom is 0.410 e. The average molecular weight is 317 g/mol. The highest BCUT2D eigenvalue weighted by Gasteiger charge is 2.43. The quantitative estimate of drug-likeness (QED) is 0.808. The Morgan fingerprint density at radius 2 is 1.87 bits per heavy atom. The second kappa shape index (κ2) is 6.81. The van der Waals surface area contributed by atoms with Crippen LogP contribution in [0.4, 0.5) is 4.79 Å². The normalized spacial score (nSPS) is 21.8. The van der Waals surface area contributed by atoms with Gasteiger partial charge in [0.15, 0.2) is 0 Å². The summed E-state index contributed by atoms with van der Waals surface area (Å²) in [6, 6.07) is 8.08. The van der Waals surface area contributed by atoms with E-state index in [0.717, 1.165) is 43.5 Å². The van der Waals surface area contributed by atoms with Gasteiger partial charge in [0.05, 0.1) is 13.2 Å². The molecule has 1 aromatic carbocycles. The molecule has 1 saturated carbocycles. The predicted molar refractivity (Wildman–Crippen MR) is 89.6 cm³/mol. The second-order valence-corrected chi connectivity index (χ2v) is 6.75. The van der Waals surface area contributed by atoms with Crippen molar-refractivity contribution in [2.75, 3.05) is 13.7 Å². The molecule has 0 bridgehead atoms. The monoisotopic (exact) mass is 317 g/mol. The summed E-state index contributed by atoms with van der Waals surface area (Å²) in [7, 11) is 1.66. The van der Waals surface area contributed by atoms with Gasteiger partial charge in [-0.25, -0.2) is 4.79 Å². The van der Waals surface area contributed by atoms with Crippen LogP contribution in [0.25, 0.3) is 0 Å². The Bertz CT molecular complexity index is 534. The fourth-order valence-electron chi connectivity index (χ4n) is 4.00. The number of hydrogen-bond acceptors (Lipinski definition) is 3. The Morgan fingerprint density at radius 1 is 1.17 bits per heavy atom. The van der Waals surface area contributed by atoms with Gasteiger partial charge in [0.25, 0.3) is 0 Å². The van der Waals surface area contributed by atoms with E-state index in [4.69, 9.17) is 9.47 Å². The van der Waals surface area contributed by atoms with Crippen LogP contribution in [0.5, 0.6) is 5.75 Å². The molecule has 4 nitrogen and oxygen atoms in total. The lowest BCUT2D eigenvalue weighted by atomic mass is 9.81. The number of methoxy groups -OCH3 is 1. The summed E-state index contributed by atoms with van der Waals surface area (Å²) in [4.78, 5) is 14.5. The molecule has 0 aromatic heterocycles. The van der Waals surface area contributed by atoms with Crippen molar-refractivity contribution < 1.29 is 14.3 Å². The van der Waals surface area contributed by atoms with Crippen LogP contribution >= 0.6 is 0 Å². The predicted octanol–water partition coefficient (Wildman–Crippen LogP) is 4.69. The molecule has 1 spiro atoms. The minimum absolute atomic E-state index is 0.0781. The van der Waals surface area contributed by atoms with Crippen LogP contribution in [0, 0.1) is 0 Å².